The van der Waals surface area contributed by atoms with Gasteiger partial charge >= 0.3 is 0 Å². The summed E-state index contributed by atoms with van der Waals surface area (Å²) in [7, 11) is 0. The lowest BCUT2D eigenvalue weighted by atomic mass is 10.2. The molecule has 1 saturated heterocycles. The van der Waals surface area contributed by atoms with Gasteiger partial charge in [-0.05, 0) is 42.6 Å². The number of thiophene rings is 1. The maximum Gasteiger partial charge on any atom is 0.267 e. The molecule has 1 aromatic carbocycles. The third-order valence-electron chi connectivity index (χ3n) is 4.40. The first-order valence-electron chi connectivity index (χ1n) is 9.42. The summed E-state index contributed by atoms with van der Waals surface area (Å²) in [6.45, 7) is 4.88. The number of amides is 2. The number of nitrogens with one attached hydrogen (secondary N) is 2. The van der Waals surface area contributed by atoms with E-state index in [1.54, 1.807) is 30.3 Å². The van der Waals surface area contributed by atoms with Crippen LogP contribution in [0, 0.1) is 0 Å². The molecule has 1 aromatic heterocycles. The molecule has 148 valence electrons. The summed E-state index contributed by atoms with van der Waals surface area (Å²) in [6, 6.07) is 12.7. The Balaban J connectivity index is 1.56. The topological polar surface area (TPSA) is 70.7 Å². The molecule has 0 saturated carbocycles. The van der Waals surface area contributed by atoms with Crippen molar-refractivity contribution in [2.75, 3.05) is 39.4 Å². The van der Waals surface area contributed by atoms with Gasteiger partial charge in [0.15, 0.2) is 0 Å². The molecular formula is C21H25N3O3S. The summed E-state index contributed by atoms with van der Waals surface area (Å²) >= 11 is 1.51. The number of morpholine rings is 1. The molecule has 0 spiro atoms. The number of carbonyl (C=O) groups excluding carboxylic acids is 2. The van der Waals surface area contributed by atoms with Gasteiger partial charge in [0.1, 0.15) is 5.70 Å². The van der Waals surface area contributed by atoms with Crippen LogP contribution >= 0.6 is 11.3 Å². The van der Waals surface area contributed by atoms with Crippen molar-refractivity contribution in [3.8, 4) is 0 Å². The first-order chi connectivity index (χ1) is 13.7. The van der Waals surface area contributed by atoms with E-state index in [-0.39, 0.29) is 17.5 Å². The van der Waals surface area contributed by atoms with Crippen molar-refractivity contribution in [3.63, 3.8) is 0 Å². The Labute approximate surface area is 169 Å². The van der Waals surface area contributed by atoms with Crippen molar-refractivity contribution in [1.29, 1.82) is 0 Å². The monoisotopic (exact) mass is 399 g/mol. The second-order valence-corrected chi connectivity index (χ2v) is 7.44. The van der Waals surface area contributed by atoms with Crippen molar-refractivity contribution < 1.29 is 14.3 Å². The summed E-state index contributed by atoms with van der Waals surface area (Å²) in [6.07, 6.45) is 2.56. The standard InChI is InChI=1S/C21H25N3O3S/c25-20(17-6-2-1-3-7-17)23-19(16-18-8-4-15-28-18)21(26)22-9-5-10-24-11-13-27-14-12-24/h1-4,6-8,15-16H,5,9-14H2,(H,22,26)(H,23,25)/b19-16-. The summed E-state index contributed by atoms with van der Waals surface area (Å²) < 4.78 is 5.34. The van der Waals surface area contributed by atoms with Crippen molar-refractivity contribution in [3.05, 3.63) is 64.0 Å². The third-order valence-corrected chi connectivity index (χ3v) is 5.22. The van der Waals surface area contributed by atoms with Gasteiger partial charge in [-0.3, -0.25) is 14.5 Å². The van der Waals surface area contributed by atoms with Crippen LogP contribution in [0.1, 0.15) is 21.7 Å². The number of nitrogens with zero attached hydrogens (tertiary/aromatic N) is 1. The maximum absolute atomic E-state index is 12.7. The normalized spacial score (nSPS) is 15.2. The Bertz CT molecular complexity index is 784. The SMILES string of the molecule is O=C(NCCCN1CCOCC1)/C(=C/c1cccs1)NC(=O)c1ccccc1. The highest BCUT2D eigenvalue weighted by atomic mass is 32.1. The van der Waals surface area contributed by atoms with E-state index in [4.69, 9.17) is 4.74 Å². The van der Waals surface area contributed by atoms with E-state index in [0.717, 1.165) is 44.1 Å². The minimum absolute atomic E-state index is 0.252. The fourth-order valence-corrected chi connectivity index (χ4v) is 3.54. The molecule has 2 amide bonds. The predicted molar refractivity (Wildman–Crippen MR) is 111 cm³/mol. The van der Waals surface area contributed by atoms with Crippen molar-refractivity contribution in [1.82, 2.24) is 15.5 Å². The number of benzene rings is 1. The molecule has 2 heterocycles. The van der Waals surface area contributed by atoms with E-state index in [9.17, 15) is 9.59 Å². The Kier molecular flexibility index (Phi) is 7.78. The molecule has 0 bridgehead atoms. The number of carbonyl (C=O) groups is 2. The molecule has 0 aliphatic carbocycles. The zero-order valence-corrected chi connectivity index (χ0v) is 16.5. The molecule has 0 unspecified atom stereocenters. The number of rotatable bonds is 8. The molecule has 0 atom stereocenters. The van der Waals surface area contributed by atoms with Crippen molar-refractivity contribution in [2.24, 2.45) is 0 Å². The van der Waals surface area contributed by atoms with Crippen LogP contribution < -0.4 is 10.6 Å². The van der Waals surface area contributed by atoms with Crippen LogP contribution in [0.25, 0.3) is 6.08 Å². The van der Waals surface area contributed by atoms with Crippen LogP contribution in [0.3, 0.4) is 0 Å². The van der Waals surface area contributed by atoms with Gasteiger partial charge in [-0.1, -0.05) is 24.3 Å². The lowest BCUT2D eigenvalue weighted by Crippen LogP contribution is -2.39. The fourth-order valence-electron chi connectivity index (χ4n) is 2.88. The minimum atomic E-state index is -0.299. The van der Waals surface area contributed by atoms with E-state index in [1.165, 1.54) is 11.3 Å². The smallest absolute Gasteiger partial charge is 0.267 e. The average Bonchev–Trinajstić information content (AvgIpc) is 3.25. The highest BCUT2D eigenvalue weighted by Gasteiger charge is 2.15. The van der Waals surface area contributed by atoms with E-state index in [0.29, 0.717) is 12.1 Å². The van der Waals surface area contributed by atoms with Crippen LogP contribution in [0.2, 0.25) is 0 Å². The molecule has 7 heteroatoms. The zero-order valence-electron chi connectivity index (χ0n) is 15.7. The lowest BCUT2D eigenvalue weighted by molar-refractivity contribution is -0.117. The van der Waals surface area contributed by atoms with E-state index in [1.807, 2.05) is 23.6 Å². The summed E-state index contributed by atoms with van der Waals surface area (Å²) in [5.74, 6) is -0.577. The third kappa shape index (κ3) is 6.30. The van der Waals surface area contributed by atoms with Crippen molar-refractivity contribution >= 4 is 29.2 Å². The number of ether oxygens (including phenoxy) is 1. The Hall–Kier alpha value is -2.48. The molecule has 0 radical (unpaired) electrons. The molecule has 1 aliphatic rings. The van der Waals surface area contributed by atoms with E-state index in [2.05, 4.69) is 15.5 Å². The first kappa shape index (κ1) is 20.3. The van der Waals surface area contributed by atoms with Crippen LogP contribution in [0.4, 0.5) is 0 Å². The van der Waals surface area contributed by atoms with Gasteiger partial charge in [0.25, 0.3) is 11.8 Å². The maximum atomic E-state index is 12.7. The molecule has 1 fully saturated rings. The van der Waals surface area contributed by atoms with Gasteiger partial charge in [0.05, 0.1) is 13.2 Å². The molecule has 6 nitrogen and oxygen atoms in total. The molecule has 1 aliphatic heterocycles. The van der Waals surface area contributed by atoms with Gasteiger partial charge in [0, 0.05) is 30.1 Å². The molecular weight excluding hydrogens is 374 g/mol. The quantitative estimate of drug-likeness (QED) is 0.528. The fraction of sp³-hybridized carbons (Fsp3) is 0.333. The molecule has 28 heavy (non-hydrogen) atoms. The Morgan fingerprint density at radius 3 is 2.61 bits per heavy atom. The van der Waals surface area contributed by atoms with Gasteiger partial charge < -0.3 is 15.4 Å². The minimum Gasteiger partial charge on any atom is -0.379 e. The van der Waals surface area contributed by atoms with E-state index >= 15 is 0 Å². The summed E-state index contributed by atoms with van der Waals surface area (Å²) in [5.41, 5.74) is 0.766. The van der Waals surface area contributed by atoms with Crippen LogP contribution in [0.15, 0.2) is 53.5 Å². The van der Waals surface area contributed by atoms with Crippen LogP contribution in [0.5, 0.6) is 0 Å². The van der Waals surface area contributed by atoms with Gasteiger partial charge in [-0.25, -0.2) is 0 Å². The van der Waals surface area contributed by atoms with Gasteiger partial charge in [-0.2, -0.15) is 0 Å². The highest BCUT2D eigenvalue weighted by molar-refractivity contribution is 7.10. The van der Waals surface area contributed by atoms with E-state index < -0.39 is 0 Å². The molecule has 2 aromatic rings. The Morgan fingerprint density at radius 2 is 1.89 bits per heavy atom. The lowest BCUT2D eigenvalue weighted by Gasteiger charge is -2.26. The van der Waals surface area contributed by atoms with Crippen LogP contribution in [-0.2, 0) is 9.53 Å². The summed E-state index contributed by atoms with van der Waals surface area (Å²) in [5, 5.41) is 7.60. The average molecular weight is 400 g/mol. The van der Waals surface area contributed by atoms with Crippen molar-refractivity contribution in [2.45, 2.75) is 6.42 Å². The number of hydrogen-bond acceptors (Lipinski definition) is 5. The zero-order chi connectivity index (χ0) is 19.6. The molecule has 3 rings (SSSR count). The second-order valence-electron chi connectivity index (χ2n) is 6.46. The van der Waals surface area contributed by atoms with Gasteiger partial charge in [0.2, 0.25) is 0 Å². The summed E-state index contributed by atoms with van der Waals surface area (Å²) in [4.78, 5) is 28.4. The second kappa shape index (κ2) is 10.8. The Morgan fingerprint density at radius 1 is 1.11 bits per heavy atom. The highest BCUT2D eigenvalue weighted by Crippen LogP contribution is 2.13. The largest absolute Gasteiger partial charge is 0.379 e. The van der Waals surface area contributed by atoms with Crippen LogP contribution in [-0.4, -0.2) is 56.1 Å². The first-order valence-corrected chi connectivity index (χ1v) is 10.3. The van der Waals surface area contributed by atoms with Gasteiger partial charge in [-0.15, -0.1) is 11.3 Å². The number of hydrogen-bond donors (Lipinski definition) is 2. The predicted octanol–water partition coefficient (Wildman–Crippen LogP) is 2.36. The molecule has 2 N–H and O–H groups in total.